The summed E-state index contributed by atoms with van der Waals surface area (Å²) in [6.07, 6.45) is 0.552. The first-order valence-corrected chi connectivity index (χ1v) is 9.05. The molecule has 152 valence electrons. The van der Waals surface area contributed by atoms with Crippen LogP contribution in [0.4, 0.5) is 0 Å². The summed E-state index contributed by atoms with van der Waals surface area (Å²) in [6.45, 7) is -0.232. The SMILES string of the molecule is COc1cc2c(cc1O)C(c1cc(OC)c(O)c(OC)c1)C(CO)C(CO)C2. The normalized spacial score (nSPS) is 21.1. The van der Waals surface area contributed by atoms with Crippen molar-refractivity contribution in [3.63, 3.8) is 0 Å². The van der Waals surface area contributed by atoms with Crippen LogP contribution >= 0.6 is 0 Å². The second kappa shape index (κ2) is 8.16. The fraction of sp³-hybridized carbons (Fsp3) is 0.429. The minimum atomic E-state index is -0.342. The van der Waals surface area contributed by atoms with Gasteiger partial charge in [-0.1, -0.05) is 0 Å². The highest BCUT2D eigenvalue weighted by Crippen LogP contribution is 2.49. The van der Waals surface area contributed by atoms with E-state index >= 15 is 0 Å². The van der Waals surface area contributed by atoms with Gasteiger partial charge in [0.05, 0.1) is 21.3 Å². The first-order chi connectivity index (χ1) is 13.5. The predicted molar refractivity (Wildman–Crippen MR) is 103 cm³/mol. The van der Waals surface area contributed by atoms with E-state index in [-0.39, 0.29) is 54.0 Å². The number of fused-ring (bicyclic) bond motifs is 1. The van der Waals surface area contributed by atoms with Crippen LogP contribution < -0.4 is 14.2 Å². The van der Waals surface area contributed by atoms with Gasteiger partial charge in [0.2, 0.25) is 5.75 Å². The zero-order valence-electron chi connectivity index (χ0n) is 16.2. The minimum Gasteiger partial charge on any atom is -0.504 e. The highest BCUT2D eigenvalue weighted by molar-refractivity contribution is 5.57. The van der Waals surface area contributed by atoms with Gasteiger partial charge in [-0.15, -0.1) is 0 Å². The lowest BCUT2D eigenvalue weighted by Gasteiger charge is -2.39. The van der Waals surface area contributed by atoms with E-state index in [1.807, 2.05) is 0 Å². The smallest absolute Gasteiger partial charge is 0.200 e. The molecule has 7 heteroatoms. The Hall–Kier alpha value is -2.64. The van der Waals surface area contributed by atoms with Crippen molar-refractivity contribution in [1.29, 1.82) is 0 Å². The van der Waals surface area contributed by atoms with Gasteiger partial charge in [0.25, 0.3) is 0 Å². The zero-order valence-corrected chi connectivity index (χ0v) is 16.2. The number of hydrogen-bond acceptors (Lipinski definition) is 7. The number of aliphatic hydroxyl groups is 2. The lowest BCUT2D eigenvalue weighted by molar-refractivity contribution is 0.101. The quantitative estimate of drug-likeness (QED) is 0.598. The number of aromatic hydroxyl groups is 2. The third-order valence-corrected chi connectivity index (χ3v) is 5.60. The number of rotatable bonds is 6. The van der Waals surface area contributed by atoms with Crippen molar-refractivity contribution >= 4 is 0 Å². The van der Waals surface area contributed by atoms with Crippen LogP contribution in [-0.4, -0.2) is 55.0 Å². The second-order valence-electron chi connectivity index (χ2n) is 6.97. The number of phenolic OH excluding ortho intramolecular Hbond substituents is 2. The lowest BCUT2D eigenvalue weighted by Crippen LogP contribution is -2.35. The molecule has 1 aliphatic rings. The Balaban J connectivity index is 2.24. The van der Waals surface area contributed by atoms with Gasteiger partial charge >= 0.3 is 0 Å². The van der Waals surface area contributed by atoms with Crippen LogP contribution in [0.5, 0.6) is 28.7 Å². The van der Waals surface area contributed by atoms with Crippen LogP contribution in [0.2, 0.25) is 0 Å². The van der Waals surface area contributed by atoms with Gasteiger partial charge in [-0.3, -0.25) is 0 Å². The first-order valence-electron chi connectivity index (χ1n) is 9.05. The maximum absolute atomic E-state index is 10.3. The van der Waals surface area contributed by atoms with E-state index in [2.05, 4.69) is 0 Å². The Kier molecular flexibility index (Phi) is 5.86. The average Bonchev–Trinajstić information content (AvgIpc) is 2.72. The van der Waals surface area contributed by atoms with Crippen molar-refractivity contribution in [2.24, 2.45) is 11.8 Å². The van der Waals surface area contributed by atoms with Gasteiger partial charge in [0, 0.05) is 19.1 Å². The fourth-order valence-electron chi connectivity index (χ4n) is 4.17. The van der Waals surface area contributed by atoms with Crippen molar-refractivity contribution in [3.8, 4) is 28.7 Å². The molecule has 0 saturated carbocycles. The van der Waals surface area contributed by atoms with Crippen LogP contribution in [0.3, 0.4) is 0 Å². The summed E-state index contributed by atoms with van der Waals surface area (Å²) in [5, 5.41) is 40.6. The molecule has 0 aromatic heterocycles. The summed E-state index contributed by atoms with van der Waals surface area (Å²) in [5.41, 5.74) is 2.50. The summed E-state index contributed by atoms with van der Waals surface area (Å²) in [6, 6.07) is 6.79. The van der Waals surface area contributed by atoms with Crippen LogP contribution in [0.1, 0.15) is 22.6 Å². The van der Waals surface area contributed by atoms with E-state index in [0.717, 1.165) is 16.7 Å². The summed E-state index contributed by atoms with van der Waals surface area (Å²) < 4.78 is 15.8. The fourth-order valence-corrected chi connectivity index (χ4v) is 4.17. The minimum absolute atomic E-state index is 0.00287. The van der Waals surface area contributed by atoms with Crippen LogP contribution in [0.15, 0.2) is 24.3 Å². The molecule has 3 atom stereocenters. The van der Waals surface area contributed by atoms with Gasteiger partial charge in [-0.2, -0.15) is 0 Å². The molecule has 28 heavy (non-hydrogen) atoms. The molecule has 7 nitrogen and oxygen atoms in total. The number of hydrogen-bond donors (Lipinski definition) is 4. The Morgan fingerprint density at radius 2 is 1.46 bits per heavy atom. The van der Waals surface area contributed by atoms with E-state index in [1.165, 1.54) is 21.3 Å². The average molecular weight is 390 g/mol. The number of ether oxygens (including phenoxy) is 3. The van der Waals surface area contributed by atoms with Crippen molar-refractivity contribution in [3.05, 3.63) is 41.0 Å². The number of benzene rings is 2. The molecule has 4 N–H and O–H groups in total. The van der Waals surface area contributed by atoms with Gasteiger partial charge < -0.3 is 34.6 Å². The predicted octanol–water partition coefficient (Wildman–Crippen LogP) is 2.03. The molecule has 0 fully saturated rings. The number of aliphatic hydroxyl groups excluding tert-OH is 2. The molecule has 0 bridgehead atoms. The Labute approximate surface area is 163 Å². The zero-order chi connectivity index (χ0) is 20.4. The summed E-state index contributed by atoms with van der Waals surface area (Å²) in [7, 11) is 4.38. The molecular formula is C21H26O7. The molecule has 0 amide bonds. The van der Waals surface area contributed by atoms with Gasteiger partial charge in [-0.25, -0.2) is 0 Å². The monoisotopic (exact) mass is 390 g/mol. The Bertz CT molecular complexity index is 824. The summed E-state index contributed by atoms with van der Waals surface area (Å²) in [4.78, 5) is 0. The van der Waals surface area contributed by atoms with E-state index < -0.39 is 0 Å². The van der Waals surface area contributed by atoms with Crippen molar-refractivity contribution < 1.29 is 34.6 Å². The van der Waals surface area contributed by atoms with Gasteiger partial charge in [0.1, 0.15) is 0 Å². The number of methoxy groups -OCH3 is 3. The highest BCUT2D eigenvalue weighted by atomic mass is 16.5. The van der Waals surface area contributed by atoms with E-state index in [1.54, 1.807) is 24.3 Å². The van der Waals surface area contributed by atoms with Crippen LogP contribution in [0.25, 0.3) is 0 Å². The van der Waals surface area contributed by atoms with Crippen LogP contribution in [0, 0.1) is 11.8 Å². The van der Waals surface area contributed by atoms with Crippen molar-refractivity contribution in [2.75, 3.05) is 34.5 Å². The molecule has 3 rings (SSSR count). The third-order valence-electron chi connectivity index (χ3n) is 5.60. The van der Waals surface area contributed by atoms with Gasteiger partial charge in [0.15, 0.2) is 23.0 Å². The molecule has 0 spiro atoms. The summed E-state index contributed by atoms with van der Waals surface area (Å²) >= 11 is 0. The maximum atomic E-state index is 10.3. The van der Waals surface area contributed by atoms with Crippen molar-refractivity contribution in [1.82, 2.24) is 0 Å². The molecule has 2 aromatic carbocycles. The Morgan fingerprint density at radius 1 is 0.857 bits per heavy atom. The molecule has 0 saturated heterocycles. The van der Waals surface area contributed by atoms with E-state index in [9.17, 15) is 20.4 Å². The molecule has 1 aliphatic carbocycles. The maximum Gasteiger partial charge on any atom is 0.200 e. The topological polar surface area (TPSA) is 109 Å². The van der Waals surface area contributed by atoms with Gasteiger partial charge in [-0.05, 0) is 59.2 Å². The molecule has 0 aliphatic heterocycles. The lowest BCUT2D eigenvalue weighted by atomic mass is 9.67. The van der Waals surface area contributed by atoms with E-state index in [4.69, 9.17) is 14.2 Å². The van der Waals surface area contributed by atoms with Crippen molar-refractivity contribution in [2.45, 2.75) is 12.3 Å². The first kappa shape index (κ1) is 20.1. The number of phenols is 2. The molecule has 3 unspecified atom stereocenters. The highest BCUT2D eigenvalue weighted by Gasteiger charge is 2.38. The molecule has 0 radical (unpaired) electrons. The largest absolute Gasteiger partial charge is 0.504 e. The molecule has 2 aromatic rings. The van der Waals surface area contributed by atoms with E-state index in [0.29, 0.717) is 12.2 Å². The second-order valence-corrected chi connectivity index (χ2v) is 6.97. The molecular weight excluding hydrogens is 364 g/mol. The summed E-state index contributed by atoms with van der Waals surface area (Å²) in [5.74, 6) is -0.0620. The standard InChI is InChI=1S/C21H26O7/c1-26-17-5-11-4-13(9-22)15(10-23)20(14(11)8-16(17)24)12-6-18(27-2)21(25)19(7-12)28-3/h5-8,13,15,20,22-25H,4,9-10H2,1-3H3. The van der Waals surface area contributed by atoms with Crippen LogP contribution in [-0.2, 0) is 6.42 Å². The Morgan fingerprint density at radius 3 is 1.96 bits per heavy atom. The molecule has 0 heterocycles. The third kappa shape index (κ3) is 3.31.